The minimum Gasteiger partial charge on any atom is -0.352 e. The normalized spacial score (nSPS) is 12.6. The number of hydrogen-bond donors (Lipinski definition) is 1. The number of benzene rings is 3. The van der Waals surface area contributed by atoms with Gasteiger partial charge in [-0.15, -0.1) is 11.8 Å². The number of halogens is 4. The first-order valence-corrected chi connectivity index (χ1v) is 14.6. The van der Waals surface area contributed by atoms with Gasteiger partial charge in [-0.25, -0.2) is 4.39 Å². The van der Waals surface area contributed by atoms with Crippen molar-refractivity contribution in [3.05, 3.63) is 104 Å². The van der Waals surface area contributed by atoms with Gasteiger partial charge < -0.3 is 10.2 Å². The Labute approximate surface area is 242 Å². The number of thioether (sulfide) groups is 1. The molecule has 38 heavy (non-hydrogen) atoms. The van der Waals surface area contributed by atoms with E-state index in [2.05, 4.69) is 5.32 Å². The van der Waals surface area contributed by atoms with Crippen molar-refractivity contribution in [1.82, 2.24) is 10.2 Å². The van der Waals surface area contributed by atoms with Crippen LogP contribution in [0.1, 0.15) is 37.0 Å². The first-order valence-electron chi connectivity index (χ1n) is 12.3. The lowest BCUT2D eigenvalue weighted by Gasteiger charge is -2.32. The highest BCUT2D eigenvalue weighted by molar-refractivity contribution is 7.99. The van der Waals surface area contributed by atoms with E-state index in [0.29, 0.717) is 27.1 Å². The lowest BCUT2D eigenvalue weighted by molar-refractivity contribution is -0.139. The molecule has 9 heteroatoms. The van der Waals surface area contributed by atoms with Gasteiger partial charge in [0.2, 0.25) is 11.8 Å². The minimum atomic E-state index is -0.772. The molecular formula is C29H30Cl3FN2O2S. The Morgan fingerprint density at radius 1 is 0.947 bits per heavy atom. The Hall–Kier alpha value is -2.25. The third kappa shape index (κ3) is 8.63. The van der Waals surface area contributed by atoms with E-state index < -0.39 is 11.9 Å². The van der Waals surface area contributed by atoms with Crippen LogP contribution in [0.5, 0.6) is 0 Å². The molecule has 0 saturated heterocycles. The average Bonchev–Trinajstić information content (AvgIpc) is 2.90. The maximum atomic E-state index is 14.3. The quantitative estimate of drug-likeness (QED) is 0.235. The van der Waals surface area contributed by atoms with E-state index in [0.717, 1.165) is 17.5 Å². The van der Waals surface area contributed by atoms with E-state index in [-0.39, 0.29) is 35.9 Å². The molecular weight excluding hydrogens is 566 g/mol. The average molecular weight is 596 g/mol. The molecule has 0 saturated carbocycles. The molecule has 3 aromatic carbocycles. The van der Waals surface area contributed by atoms with Crippen LogP contribution in [0.25, 0.3) is 0 Å². The van der Waals surface area contributed by atoms with Crippen molar-refractivity contribution in [1.29, 1.82) is 0 Å². The second kappa shape index (κ2) is 14.8. The van der Waals surface area contributed by atoms with Crippen molar-refractivity contribution < 1.29 is 14.0 Å². The number of nitrogens with one attached hydrogen (secondary N) is 1. The highest BCUT2D eigenvalue weighted by Crippen LogP contribution is 2.26. The largest absolute Gasteiger partial charge is 0.352 e. The van der Waals surface area contributed by atoms with E-state index in [9.17, 15) is 14.0 Å². The Kier molecular flexibility index (Phi) is 11.8. The van der Waals surface area contributed by atoms with Gasteiger partial charge in [0.05, 0.1) is 15.8 Å². The molecule has 2 unspecified atom stereocenters. The van der Waals surface area contributed by atoms with E-state index >= 15 is 0 Å². The first-order chi connectivity index (χ1) is 18.2. The second-order valence-corrected chi connectivity index (χ2v) is 11.2. The maximum absolute atomic E-state index is 14.3. The van der Waals surface area contributed by atoms with Gasteiger partial charge in [0, 0.05) is 35.3 Å². The molecule has 2 atom stereocenters. The summed E-state index contributed by atoms with van der Waals surface area (Å²) in [6, 6.07) is 18.4. The minimum absolute atomic E-state index is 0.0356. The molecule has 4 nitrogen and oxygen atoms in total. The van der Waals surface area contributed by atoms with Crippen LogP contribution in [-0.2, 0) is 28.3 Å². The van der Waals surface area contributed by atoms with Crippen molar-refractivity contribution in [2.45, 2.75) is 51.1 Å². The molecule has 0 aromatic heterocycles. The van der Waals surface area contributed by atoms with Crippen LogP contribution in [-0.4, -0.2) is 34.6 Å². The van der Waals surface area contributed by atoms with Gasteiger partial charge in [-0.05, 0) is 48.7 Å². The van der Waals surface area contributed by atoms with Crippen LogP contribution in [0.4, 0.5) is 4.39 Å². The highest BCUT2D eigenvalue weighted by Gasteiger charge is 2.31. The molecule has 0 aliphatic heterocycles. The maximum Gasteiger partial charge on any atom is 0.243 e. The van der Waals surface area contributed by atoms with E-state index in [1.807, 2.05) is 44.2 Å². The van der Waals surface area contributed by atoms with Crippen LogP contribution in [0, 0.1) is 5.82 Å². The summed E-state index contributed by atoms with van der Waals surface area (Å²) in [6.45, 7) is 4.07. The Bertz CT molecular complexity index is 1230. The van der Waals surface area contributed by atoms with Gasteiger partial charge in [0.1, 0.15) is 11.9 Å². The van der Waals surface area contributed by atoms with Crippen LogP contribution >= 0.6 is 46.6 Å². The zero-order chi connectivity index (χ0) is 27.7. The van der Waals surface area contributed by atoms with Crippen molar-refractivity contribution in [2.75, 3.05) is 5.75 Å². The van der Waals surface area contributed by atoms with E-state index in [1.54, 1.807) is 35.2 Å². The SMILES string of the molecule is CCC(C)NC(=O)C(Cc1ccccc1)N(Cc1ccc(Cl)c(Cl)c1)C(=O)CSCc1c(F)cccc1Cl. The Morgan fingerprint density at radius 3 is 2.34 bits per heavy atom. The molecule has 1 N–H and O–H groups in total. The van der Waals surface area contributed by atoms with Crippen molar-refractivity contribution >= 4 is 58.4 Å². The van der Waals surface area contributed by atoms with Crippen LogP contribution < -0.4 is 5.32 Å². The van der Waals surface area contributed by atoms with Gasteiger partial charge in [0.15, 0.2) is 0 Å². The molecule has 3 rings (SSSR count). The number of carbonyl (C=O) groups is 2. The predicted molar refractivity (Wildman–Crippen MR) is 156 cm³/mol. The van der Waals surface area contributed by atoms with Crippen molar-refractivity contribution in [3.8, 4) is 0 Å². The van der Waals surface area contributed by atoms with E-state index in [4.69, 9.17) is 34.8 Å². The summed E-state index contributed by atoms with van der Waals surface area (Å²) in [6.07, 6.45) is 1.09. The van der Waals surface area contributed by atoms with Crippen LogP contribution in [0.3, 0.4) is 0 Å². The van der Waals surface area contributed by atoms with Crippen LogP contribution in [0.2, 0.25) is 15.1 Å². The van der Waals surface area contributed by atoms with Crippen LogP contribution in [0.15, 0.2) is 66.7 Å². The first kappa shape index (κ1) is 30.3. The van der Waals surface area contributed by atoms with Gasteiger partial charge in [-0.2, -0.15) is 0 Å². The molecule has 0 fully saturated rings. The number of carbonyl (C=O) groups excluding carboxylic acids is 2. The molecule has 202 valence electrons. The topological polar surface area (TPSA) is 49.4 Å². The standard InChI is InChI=1S/C29H30Cl3FN2O2S/c1-3-19(2)34-29(37)27(15-20-8-5-4-6-9-20)35(16-21-12-13-24(31)25(32)14-21)28(36)18-38-17-22-23(30)10-7-11-26(22)33/h4-14,19,27H,3,15-18H2,1-2H3,(H,34,37). The molecule has 0 aliphatic carbocycles. The monoisotopic (exact) mass is 594 g/mol. The summed E-state index contributed by atoms with van der Waals surface area (Å²) in [5.74, 6) is -0.652. The third-order valence-corrected chi connectivity index (χ3v) is 8.18. The molecule has 3 aromatic rings. The highest BCUT2D eigenvalue weighted by atomic mass is 35.5. The number of hydrogen-bond acceptors (Lipinski definition) is 3. The fraction of sp³-hybridized carbons (Fsp3) is 0.310. The lowest BCUT2D eigenvalue weighted by atomic mass is 10.0. The smallest absolute Gasteiger partial charge is 0.243 e. The summed E-state index contributed by atoms with van der Waals surface area (Å²) in [7, 11) is 0. The van der Waals surface area contributed by atoms with Gasteiger partial charge in [-0.3, -0.25) is 9.59 Å². The van der Waals surface area contributed by atoms with Gasteiger partial charge >= 0.3 is 0 Å². The van der Waals surface area contributed by atoms with Crippen molar-refractivity contribution in [2.24, 2.45) is 0 Å². The summed E-state index contributed by atoms with van der Waals surface area (Å²) in [4.78, 5) is 28.8. The zero-order valence-electron chi connectivity index (χ0n) is 21.2. The summed E-state index contributed by atoms with van der Waals surface area (Å²) in [5.41, 5.74) is 2.01. The molecule has 0 bridgehead atoms. The van der Waals surface area contributed by atoms with E-state index in [1.165, 1.54) is 17.8 Å². The number of nitrogens with zero attached hydrogens (tertiary/aromatic N) is 1. The zero-order valence-corrected chi connectivity index (χ0v) is 24.3. The second-order valence-electron chi connectivity index (χ2n) is 8.99. The summed E-state index contributed by atoms with van der Waals surface area (Å²) >= 11 is 19.8. The Morgan fingerprint density at radius 2 is 1.68 bits per heavy atom. The Balaban J connectivity index is 1.90. The third-order valence-electron chi connectivity index (χ3n) is 6.14. The molecule has 0 heterocycles. The molecule has 0 spiro atoms. The lowest BCUT2D eigenvalue weighted by Crippen LogP contribution is -2.52. The molecule has 0 aliphatic rings. The molecule has 0 radical (unpaired) electrons. The fourth-order valence-electron chi connectivity index (χ4n) is 3.82. The predicted octanol–water partition coefficient (Wildman–Crippen LogP) is 7.57. The molecule has 2 amide bonds. The summed E-state index contributed by atoms with van der Waals surface area (Å²) < 4.78 is 14.3. The van der Waals surface area contributed by atoms with Crippen molar-refractivity contribution in [3.63, 3.8) is 0 Å². The summed E-state index contributed by atoms with van der Waals surface area (Å²) in [5, 5.41) is 4.12. The number of rotatable bonds is 12. The fourth-order valence-corrected chi connectivity index (χ4v) is 5.39. The van der Waals surface area contributed by atoms with Gasteiger partial charge in [0.25, 0.3) is 0 Å². The van der Waals surface area contributed by atoms with Gasteiger partial charge in [-0.1, -0.05) is 84.2 Å². The number of amides is 2.